The SMILES string of the molecule is CC(NC(=O)C1(C#N)CCNCC1)c1ccc(Cl)cc1. The van der Waals surface area contributed by atoms with Crippen molar-refractivity contribution in [3.8, 4) is 6.07 Å². The van der Waals surface area contributed by atoms with Gasteiger partial charge in [0.25, 0.3) is 0 Å². The second-order valence-corrected chi connectivity index (χ2v) is 5.63. The fourth-order valence-corrected chi connectivity index (χ4v) is 2.54. The summed E-state index contributed by atoms with van der Waals surface area (Å²) in [5, 5.41) is 16.2. The zero-order valence-electron chi connectivity index (χ0n) is 11.4. The Morgan fingerprint density at radius 1 is 1.40 bits per heavy atom. The lowest BCUT2D eigenvalue weighted by Crippen LogP contribution is -2.47. The smallest absolute Gasteiger partial charge is 0.241 e. The van der Waals surface area contributed by atoms with Gasteiger partial charge in [0, 0.05) is 5.02 Å². The Balaban J connectivity index is 2.06. The van der Waals surface area contributed by atoms with E-state index in [0.717, 1.165) is 5.56 Å². The molecule has 2 rings (SSSR count). The molecule has 1 atom stereocenters. The van der Waals surface area contributed by atoms with Gasteiger partial charge >= 0.3 is 0 Å². The van der Waals surface area contributed by atoms with Crippen molar-refractivity contribution in [1.29, 1.82) is 5.26 Å². The molecule has 0 aromatic heterocycles. The number of piperidine rings is 1. The van der Waals surface area contributed by atoms with Gasteiger partial charge in [-0.1, -0.05) is 23.7 Å². The lowest BCUT2D eigenvalue weighted by molar-refractivity contribution is -0.130. The Hall–Kier alpha value is -1.57. The monoisotopic (exact) mass is 291 g/mol. The van der Waals surface area contributed by atoms with Gasteiger partial charge < -0.3 is 10.6 Å². The number of amides is 1. The zero-order chi connectivity index (χ0) is 14.6. The molecular formula is C15H18ClN3O. The lowest BCUT2D eigenvalue weighted by atomic mass is 9.79. The van der Waals surface area contributed by atoms with Crippen LogP contribution in [0.4, 0.5) is 0 Å². The Bertz CT molecular complexity index is 515. The normalized spacial score (nSPS) is 18.9. The van der Waals surface area contributed by atoms with Crippen molar-refractivity contribution < 1.29 is 4.79 Å². The van der Waals surface area contributed by atoms with Crippen LogP contribution in [0.5, 0.6) is 0 Å². The van der Waals surface area contributed by atoms with Crippen LogP contribution in [-0.2, 0) is 4.79 Å². The predicted octanol–water partition coefficient (Wildman–Crippen LogP) is 2.41. The maximum Gasteiger partial charge on any atom is 0.241 e. The van der Waals surface area contributed by atoms with Crippen molar-refractivity contribution in [2.24, 2.45) is 5.41 Å². The average molecular weight is 292 g/mol. The van der Waals surface area contributed by atoms with Gasteiger partial charge in [0.05, 0.1) is 12.1 Å². The van der Waals surface area contributed by atoms with E-state index in [1.54, 1.807) is 12.1 Å². The highest BCUT2D eigenvalue weighted by Crippen LogP contribution is 2.29. The number of hydrogen-bond acceptors (Lipinski definition) is 3. The molecule has 1 amide bonds. The van der Waals surface area contributed by atoms with Crippen LogP contribution in [0.25, 0.3) is 0 Å². The van der Waals surface area contributed by atoms with Gasteiger partial charge in [0.15, 0.2) is 0 Å². The first-order valence-electron chi connectivity index (χ1n) is 6.76. The highest BCUT2D eigenvalue weighted by atomic mass is 35.5. The van der Waals surface area contributed by atoms with Crippen LogP contribution in [0.2, 0.25) is 5.02 Å². The molecule has 1 aromatic rings. The number of carbonyl (C=O) groups is 1. The van der Waals surface area contributed by atoms with Crippen LogP contribution >= 0.6 is 11.6 Å². The van der Waals surface area contributed by atoms with Gasteiger partial charge in [-0.2, -0.15) is 5.26 Å². The Labute approximate surface area is 124 Å². The van der Waals surface area contributed by atoms with E-state index in [-0.39, 0.29) is 11.9 Å². The van der Waals surface area contributed by atoms with Crippen molar-refractivity contribution in [2.75, 3.05) is 13.1 Å². The van der Waals surface area contributed by atoms with Gasteiger partial charge in [0.2, 0.25) is 5.91 Å². The first kappa shape index (κ1) is 14.8. The molecule has 4 nitrogen and oxygen atoms in total. The topological polar surface area (TPSA) is 64.9 Å². The second kappa shape index (κ2) is 6.25. The summed E-state index contributed by atoms with van der Waals surface area (Å²) in [5.74, 6) is -0.177. The van der Waals surface area contributed by atoms with E-state index in [0.29, 0.717) is 31.0 Å². The minimum absolute atomic E-state index is 0.139. The highest BCUT2D eigenvalue weighted by Gasteiger charge is 2.40. The molecule has 0 saturated carbocycles. The maximum atomic E-state index is 12.4. The first-order valence-corrected chi connectivity index (χ1v) is 7.13. The number of nitrogens with one attached hydrogen (secondary N) is 2. The molecule has 1 aromatic carbocycles. The summed E-state index contributed by atoms with van der Waals surface area (Å²) in [6.45, 7) is 3.32. The molecule has 0 radical (unpaired) electrons. The molecule has 0 spiro atoms. The number of nitrogens with zero attached hydrogens (tertiary/aromatic N) is 1. The van der Waals surface area contributed by atoms with Crippen LogP contribution in [-0.4, -0.2) is 19.0 Å². The van der Waals surface area contributed by atoms with E-state index in [4.69, 9.17) is 11.6 Å². The molecule has 1 heterocycles. The van der Waals surface area contributed by atoms with E-state index < -0.39 is 5.41 Å². The summed E-state index contributed by atoms with van der Waals surface area (Å²) < 4.78 is 0. The first-order chi connectivity index (χ1) is 9.57. The number of hydrogen-bond donors (Lipinski definition) is 2. The second-order valence-electron chi connectivity index (χ2n) is 5.19. The van der Waals surface area contributed by atoms with Crippen LogP contribution in [0, 0.1) is 16.7 Å². The van der Waals surface area contributed by atoms with Crippen molar-refractivity contribution >= 4 is 17.5 Å². The molecule has 0 bridgehead atoms. The summed E-state index contributed by atoms with van der Waals surface area (Å²) in [5.41, 5.74) is 0.0798. The number of rotatable bonds is 3. The highest BCUT2D eigenvalue weighted by molar-refractivity contribution is 6.30. The van der Waals surface area contributed by atoms with Crippen molar-refractivity contribution in [2.45, 2.75) is 25.8 Å². The molecule has 1 aliphatic heterocycles. The van der Waals surface area contributed by atoms with Gasteiger partial charge in [-0.3, -0.25) is 4.79 Å². The average Bonchev–Trinajstić information content (AvgIpc) is 2.48. The molecule has 1 fully saturated rings. The molecule has 1 saturated heterocycles. The van der Waals surface area contributed by atoms with Gasteiger partial charge in [-0.25, -0.2) is 0 Å². The Kier molecular flexibility index (Phi) is 4.64. The van der Waals surface area contributed by atoms with E-state index in [9.17, 15) is 10.1 Å². The van der Waals surface area contributed by atoms with Crippen LogP contribution in [0.15, 0.2) is 24.3 Å². The molecular weight excluding hydrogens is 274 g/mol. The van der Waals surface area contributed by atoms with Crippen LogP contribution in [0.3, 0.4) is 0 Å². The maximum absolute atomic E-state index is 12.4. The van der Waals surface area contributed by atoms with E-state index >= 15 is 0 Å². The number of halogens is 1. The Morgan fingerprint density at radius 2 is 2.00 bits per heavy atom. The minimum Gasteiger partial charge on any atom is -0.348 e. The molecule has 1 aliphatic rings. The third kappa shape index (κ3) is 3.12. The molecule has 5 heteroatoms. The quantitative estimate of drug-likeness (QED) is 0.899. The minimum atomic E-state index is -0.897. The van der Waals surface area contributed by atoms with E-state index in [1.165, 1.54) is 0 Å². The summed E-state index contributed by atoms with van der Waals surface area (Å²) in [4.78, 5) is 12.4. The number of benzene rings is 1. The van der Waals surface area contributed by atoms with Gasteiger partial charge in [-0.05, 0) is 50.6 Å². The molecule has 20 heavy (non-hydrogen) atoms. The van der Waals surface area contributed by atoms with Crippen molar-refractivity contribution in [3.63, 3.8) is 0 Å². The Morgan fingerprint density at radius 3 is 2.55 bits per heavy atom. The molecule has 1 unspecified atom stereocenters. The third-order valence-corrected chi connectivity index (χ3v) is 4.08. The largest absolute Gasteiger partial charge is 0.348 e. The summed E-state index contributed by atoms with van der Waals surface area (Å²) in [6.07, 6.45) is 1.12. The summed E-state index contributed by atoms with van der Waals surface area (Å²) in [7, 11) is 0. The summed E-state index contributed by atoms with van der Waals surface area (Å²) in [6, 6.07) is 9.43. The summed E-state index contributed by atoms with van der Waals surface area (Å²) >= 11 is 5.85. The van der Waals surface area contributed by atoms with Crippen molar-refractivity contribution in [3.05, 3.63) is 34.9 Å². The van der Waals surface area contributed by atoms with Crippen molar-refractivity contribution in [1.82, 2.24) is 10.6 Å². The third-order valence-electron chi connectivity index (χ3n) is 3.82. The van der Waals surface area contributed by atoms with E-state index in [1.807, 2.05) is 19.1 Å². The molecule has 2 N–H and O–H groups in total. The lowest BCUT2D eigenvalue weighted by Gasteiger charge is -2.31. The zero-order valence-corrected chi connectivity index (χ0v) is 12.2. The van der Waals surface area contributed by atoms with E-state index in [2.05, 4.69) is 16.7 Å². The fraction of sp³-hybridized carbons (Fsp3) is 0.467. The predicted molar refractivity (Wildman–Crippen MR) is 78.2 cm³/mol. The number of nitriles is 1. The van der Waals surface area contributed by atoms with Crippen LogP contribution < -0.4 is 10.6 Å². The van der Waals surface area contributed by atoms with Crippen LogP contribution in [0.1, 0.15) is 31.4 Å². The standard InChI is InChI=1S/C15H18ClN3O/c1-11(12-2-4-13(16)5-3-12)19-14(20)15(10-17)6-8-18-9-7-15/h2-5,11,18H,6-9H2,1H3,(H,19,20). The van der Waals surface area contributed by atoms with Gasteiger partial charge in [0.1, 0.15) is 5.41 Å². The number of carbonyl (C=O) groups excluding carboxylic acids is 1. The molecule has 106 valence electrons. The fourth-order valence-electron chi connectivity index (χ4n) is 2.41. The molecule has 0 aliphatic carbocycles. The van der Waals surface area contributed by atoms with Gasteiger partial charge in [-0.15, -0.1) is 0 Å².